The number of rotatable bonds is 9. The highest BCUT2D eigenvalue weighted by molar-refractivity contribution is 5.87. The molecule has 1 N–H and O–H groups in total. The van der Waals surface area contributed by atoms with Crippen molar-refractivity contribution >= 4 is 16.9 Å². The van der Waals surface area contributed by atoms with Crippen LogP contribution in [-0.2, 0) is 11.3 Å². The van der Waals surface area contributed by atoms with Crippen molar-refractivity contribution < 1.29 is 9.53 Å². The summed E-state index contributed by atoms with van der Waals surface area (Å²) < 4.78 is 8.17. The van der Waals surface area contributed by atoms with Gasteiger partial charge < -0.3 is 14.6 Å². The summed E-state index contributed by atoms with van der Waals surface area (Å²) in [5.41, 5.74) is 4.46. The van der Waals surface area contributed by atoms with Crippen LogP contribution >= 0.6 is 0 Å². The van der Waals surface area contributed by atoms with Crippen molar-refractivity contribution in [1.29, 1.82) is 0 Å². The number of aryl methyl sites for hydroxylation is 2. The lowest BCUT2D eigenvalue weighted by atomic mass is 10.1. The van der Waals surface area contributed by atoms with Crippen LogP contribution < -0.4 is 10.1 Å². The number of hydrogen-bond donors (Lipinski definition) is 1. The van der Waals surface area contributed by atoms with E-state index in [9.17, 15) is 4.79 Å². The number of nitrogens with one attached hydrogen (secondary N) is 1. The van der Waals surface area contributed by atoms with Gasteiger partial charge in [-0.05, 0) is 69.0 Å². The number of benzene rings is 2. The summed E-state index contributed by atoms with van der Waals surface area (Å²) in [6.07, 6.45) is 3.18. The molecule has 29 heavy (non-hydrogen) atoms. The van der Waals surface area contributed by atoms with Crippen LogP contribution in [0.5, 0.6) is 5.75 Å². The zero-order valence-corrected chi connectivity index (χ0v) is 17.4. The lowest BCUT2D eigenvalue weighted by Gasteiger charge is -2.16. The molecule has 0 saturated carbocycles. The van der Waals surface area contributed by atoms with Crippen molar-refractivity contribution in [2.24, 2.45) is 0 Å². The van der Waals surface area contributed by atoms with Crippen molar-refractivity contribution in [3.8, 4) is 5.75 Å². The number of nitrogens with zero attached hydrogens (tertiary/aromatic N) is 2. The average molecular weight is 392 g/mol. The molecule has 5 nitrogen and oxygen atoms in total. The van der Waals surface area contributed by atoms with Crippen molar-refractivity contribution in [3.05, 3.63) is 72.1 Å². The van der Waals surface area contributed by atoms with Gasteiger partial charge in [-0.15, -0.1) is 0 Å². The number of carbonyl (C=O) groups excluding carboxylic acids is 1. The minimum absolute atomic E-state index is 0.195. The molecule has 2 aromatic carbocycles. The van der Waals surface area contributed by atoms with Gasteiger partial charge in [-0.25, -0.2) is 4.98 Å². The lowest BCUT2D eigenvalue weighted by molar-refractivity contribution is -0.117. The van der Waals surface area contributed by atoms with Crippen LogP contribution in [0, 0.1) is 13.8 Å². The lowest BCUT2D eigenvalue weighted by Crippen LogP contribution is -2.27. The molecule has 0 radical (unpaired) electrons. The van der Waals surface area contributed by atoms with Crippen LogP contribution in [0.25, 0.3) is 11.0 Å². The van der Waals surface area contributed by atoms with Gasteiger partial charge in [-0.1, -0.05) is 30.8 Å². The molecule has 5 heteroatoms. The first-order valence-electron chi connectivity index (χ1n) is 10.1. The Labute approximate surface area is 172 Å². The fourth-order valence-electron chi connectivity index (χ4n) is 3.43. The molecule has 0 aliphatic carbocycles. The molecular formula is C24H29N3O2. The van der Waals surface area contributed by atoms with E-state index in [4.69, 9.17) is 9.72 Å². The van der Waals surface area contributed by atoms with E-state index in [-0.39, 0.29) is 11.9 Å². The third kappa shape index (κ3) is 4.86. The van der Waals surface area contributed by atoms with Gasteiger partial charge in [-0.2, -0.15) is 0 Å². The Morgan fingerprint density at radius 1 is 1.21 bits per heavy atom. The molecule has 1 heterocycles. The predicted molar refractivity (Wildman–Crippen MR) is 117 cm³/mol. The van der Waals surface area contributed by atoms with Crippen molar-refractivity contribution in [2.45, 2.75) is 46.2 Å². The third-order valence-corrected chi connectivity index (χ3v) is 5.20. The smallest absolute Gasteiger partial charge is 0.243 e. The molecule has 0 spiro atoms. The number of ether oxygens (including phenoxy) is 1. The standard InChI is InChI=1S/C24H29N3O2/c1-5-23(28)25-19(4)24-26-20-12-6-7-13-21(20)27(24)15-8-9-16-29-22-14-10-11-17(2)18(22)3/h5-7,10-14,19H,1,8-9,15-16H2,2-4H3,(H,25,28). The van der Waals surface area contributed by atoms with Crippen molar-refractivity contribution in [1.82, 2.24) is 14.9 Å². The molecule has 3 aromatic rings. The van der Waals surface area contributed by atoms with E-state index in [1.807, 2.05) is 37.3 Å². The van der Waals surface area contributed by atoms with Gasteiger partial charge in [0.05, 0.1) is 23.7 Å². The molecule has 1 aromatic heterocycles. The maximum atomic E-state index is 11.7. The second-order valence-corrected chi connectivity index (χ2v) is 7.30. The topological polar surface area (TPSA) is 56.2 Å². The minimum atomic E-state index is -0.196. The first-order valence-corrected chi connectivity index (χ1v) is 10.1. The Bertz CT molecular complexity index is 1010. The maximum absolute atomic E-state index is 11.7. The minimum Gasteiger partial charge on any atom is -0.493 e. The molecule has 1 amide bonds. The molecule has 152 valence electrons. The van der Waals surface area contributed by atoms with E-state index in [2.05, 4.69) is 42.4 Å². The Morgan fingerprint density at radius 2 is 2.00 bits per heavy atom. The molecule has 0 aliphatic rings. The summed E-state index contributed by atoms with van der Waals surface area (Å²) >= 11 is 0. The largest absolute Gasteiger partial charge is 0.493 e. The quantitative estimate of drug-likeness (QED) is 0.418. The Morgan fingerprint density at radius 3 is 2.79 bits per heavy atom. The number of fused-ring (bicyclic) bond motifs is 1. The Hall–Kier alpha value is -3.08. The number of hydrogen-bond acceptors (Lipinski definition) is 3. The summed E-state index contributed by atoms with van der Waals surface area (Å²) in [4.78, 5) is 16.5. The zero-order chi connectivity index (χ0) is 20.8. The van der Waals surface area contributed by atoms with Crippen LogP contribution in [0.15, 0.2) is 55.1 Å². The highest BCUT2D eigenvalue weighted by Gasteiger charge is 2.17. The summed E-state index contributed by atoms with van der Waals surface area (Å²) in [6.45, 7) is 11.2. The van der Waals surface area contributed by atoms with E-state index in [0.29, 0.717) is 6.61 Å². The van der Waals surface area contributed by atoms with E-state index < -0.39 is 0 Å². The molecule has 1 atom stereocenters. The third-order valence-electron chi connectivity index (χ3n) is 5.20. The number of unbranched alkanes of at least 4 members (excludes halogenated alkanes) is 1. The summed E-state index contributed by atoms with van der Waals surface area (Å²) in [5.74, 6) is 1.62. The van der Waals surface area contributed by atoms with E-state index in [1.54, 1.807) is 0 Å². The van der Waals surface area contributed by atoms with Crippen molar-refractivity contribution in [2.75, 3.05) is 6.61 Å². The SMILES string of the molecule is C=CC(=O)NC(C)c1nc2ccccc2n1CCCCOc1cccc(C)c1C. The summed E-state index contributed by atoms with van der Waals surface area (Å²) in [5, 5.41) is 2.92. The van der Waals surface area contributed by atoms with Gasteiger partial charge in [0.15, 0.2) is 0 Å². The summed E-state index contributed by atoms with van der Waals surface area (Å²) in [6, 6.07) is 14.0. The monoisotopic (exact) mass is 391 g/mol. The number of amides is 1. The van der Waals surface area contributed by atoms with Gasteiger partial charge in [0.2, 0.25) is 5.91 Å². The van der Waals surface area contributed by atoms with E-state index in [0.717, 1.165) is 42.0 Å². The predicted octanol–water partition coefficient (Wildman–Crippen LogP) is 4.88. The first-order chi connectivity index (χ1) is 14.0. The highest BCUT2D eigenvalue weighted by Crippen LogP contribution is 2.23. The molecule has 1 unspecified atom stereocenters. The van der Waals surface area contributed by atoms with Gasteiger partial charge in [0.25, 0.3) is 0 Å². The Kier molecular flexibility index (Phi) is 6.70. The molecular weight excluding hydrogens is 362 g/mol. The molecule has 0 fully saturated rings. The van der Waals surface area contributed by atoms with E-state index in [1.165, 1.54) is 17.2 Å². The fourth-order valence-corrected chi connectivity index (χ4v) is 3.43. The van der Waals surface area contributed by atoms with Crippen LogP contribution in [0.4, 0.5) is 0 Å². The highest BCUT2D eigenvalue weighted by atomic mass is 16.5. The Balaban J connectivity index is 1.65. The zero-order valence-electron chi connectivity index (χ0n) is 17.4. The summed E-state index contributed by atoms with van der Waals surface area (Å²) in [7, 11) is 0. The average Bonchev–Trinajstić information content (AvgIpc) is 3.09. The van der Waals surface area contributed by atoms with Gasteiger partial charge in [0, 0.05) is 6.54 Å². The number of imidazole rings is 1. The number of carbonyl (C=O) groups is 1. The van der Waals surface area contributed by atoms with Crippen LogP contribution in [0.1, 0.15) is 42.8 Å². The number of aromatic nitrogens is 2. The molecule has 0 saturated heterocycles. The second-order valence-electron chi connectivity index (χ2n) is 7.30. The second kappa shape index (κ2) is 9.41. The van der Waals surface area contributed by atoms with E-state index >= 15 is 0 Å². The van der Waals surface area contributed by atoms with Crippen LogP contribution in [-0.4, -0.2) is 22.1 Å². The normalized spacial score (nSPS) is 12.0. The van der Waals surface area contributed by atoms with Crippen LogP contribution in [0.2, 0.25) is 0 Å². The maximum Gasteiger partial charge on any atom is 0.243 e. The van der Waals surface area contributed by atoms with Gasteiger partial charge in [0.1, 0.15) is 11.6 Å². The molecule has 3 rings (SSSR count). The van der Waals surface area contributed by atoms with Gasteiger partial charge >= 0.3 is 0 Å². The van der Waals surface area contributed by atoms with Crippen molar-refractivity contribution in [3.63, 3.8) is 0 Å². The number of para-hydroxylation sites is 2. The molecule has 0 bridgehead atoms. The molecule has 0 aliphatic heterocycles. The fraction of sp³-hybridized carbons (Fsp3) is 0.333. The first kappa shape index (κ1) is 20.6. The van der Waals surface area contributed by atoms with Gasteiger partial charge in [-0.3, -0.25) is 4.79 Å². The van der Waals surface area contributed by atoms with Crippen LogP contribution in [0.3, 0.4) is 0 Å².